The van der Waals surface area contributed by atoms with Crippen molar-refractivity contribution in [1.29, 1.82) is 0 Å². The van der Waals surface area contributed by atoms with Gasteiger partial charge in [0.25, 0.3) is 5.91 Å². The lowest BCUT2D eigenvalue weighted by molar-refractivity contribution is 0.0952. The van der Waals surface area contributed by atoms with Gasteiger partial charge in [0, 0.05) is 5.71 Å². The average Bonchev–Trinajstić information content (AvgIpc) is 2.35. The number of benzene rings is 1. The van der Waals surface area contributed by atoms with E-state index < -0.39 is 5.91 Å². The van der Waals surface area contributed by atoms with Crippen molar-refractivity contribution in [2.45, 2.75) is 27.2 Å². The van der Waals surface area contributed by atoms with Gasteiger partial charge in [-0.2, -0.15) is 5.10 Å². The molecule has 4 heteroatoms. The first kappa shape index (κ1) is 13.2. The number of para-hydroxylation sites is 1. The highest BCUT2D eigenvalue weighted by Crippen LogP contribution is 2.15. The number of amides is 1. The van der Waals surface area contributed by atoms with Crippen LogP contribution in [0.25, 0.3) is 0 Å². The molecule has 0 aliphatic rings. The molecule has 92 valence electrons. The highest BCUT2D eigenvalue weighted by atomic mass is 16.3. The van der Waals surface area contributed by atoms with Gasteiger partial charge in [0.05, 0.1) is 5.56 Å². The molecule has 2 N–H and O–H groups in total. The van der Waals surface area contributed by atoms with Crippen LogP contribution in [-0.4, -0.2) is 16.7 Å². The fourth-order valence-corrected chi connectivity index (χ4v) is 1.27. The SMILES string of the molecule is CC[C@@H](C)/C(C)=N\NC(=O)c1ccccc1O. The summed E-state index contributed by atoms with van der Waals surface area (Å²) in [4.78, 5) is 11.7. The Balaban J connectivity index is 2.71. The summed E-state index contributed by atoms with van der Waals surface area (Å²) in [7, 11) is 0. The number of hydrazone groups is 1. The number of nitrogens with zero attached hydrogens (tertiary/aromatic N) is 1. The fourth-order valence-electron chi connectivity index (χ4n) is 1.27. The Morgan fingerprint density at radius 1 is 1.47 bits per heavy atom. The Labute approximate surface area is 101 Å². The number of phenolic OH excluding ortho intramolecular Hbond substituents is 1. The molecule has 17 heavy (non-hydrogen) atoms. The van der Waals surface area contributed by atoms with E-state index in [1.165, 1.54) is 6.07 Å². The zero-order chi connectivity index (χ0) is 12.8. The molecule has 0 spiro atoms. The molecule has 1 rings (SSSR count). The van der Waals surface area contributed by atoms with Crippen LogP contribution in [0, 0.1) is 5.92 Å². The lowest BCUT2D eigenvalue weighted by Gasteiger charge is -2.08. The molecular weight excluding hydrogens is 216 g/mol. The predicted octanol–water partition coefficient (Wildman–Crippen LogP) is 2.54. The number of rotatable bonds is 4. The maximum atomic E-state index is 11.7. The molecule has 1 amide bonds. The van der Waals surface area contributed by atoms with Crippen LogP contribution in [0.4, 0.5) is 0 Å². The summed E-state index contributed by atoms with van der Waals surface area (Å²) in [6.07, 6.45) is 0.974. The van der Waals surface area contributed by atoms with Crippen LogP contribution in [0.3, 0.4) is 0 Å². The van der Waals surface area contributed by atoms with Gasteiger partial charge in [0.1, 0.15) is 5.75 Å². The van der Waals surface area contributed by atoms with E-state index in [0.717, 1.165) is 12.1 Å². The Kier molecular flexibility index (Phi) is 4.69. The summed E-state index contributed by atoms with van der Waals surface area (Å²) >= 11 is 0. The van der Waals surface area contributed by atoms with Gasteiger partial charge in [-0.15, -0.1) is 0 Å². The molecule has 1 aromatic carbocycles. The third kappa shape index (κ3) is 3.59. The van der Waals surface area contributed by atoms with Crippen molar-refractivity contribution in [3.05, 3.63) is 29.8 Å². The van der Waals surface area contributed by atoms with Crippen molar-refractivity contribution in [1.82, 2.24) is 5.43 Å². The number of nitrogens with one attached hydrogen (secondary N) is 1. The van der Waals surface area contributed by atoms with E-state index in [9.17, 15) is 9.90 Å². The summed E-state index contributed by atoms with van der Waals surface area (Å²) in [5.41, 5.74) is 3.55. The number of carbonyl (C=O) groups is 1. The van der Waals surface area contributed by atoms with Gasteiger partial charge in [0.15, 0.2) is 0 Å². The van der Waals surface area contributed by atoms with E-state index >= 15 is 0 Å². The standard InChI is InChI=1S/C13H18N2O2/c1-4-9(2)10(3)14-15-13(17)11-7-5-6-8-12(11)16/h5-9,16H,4H2,1-3H3,(H,15,17)/b14-10-/t9-/m1/s1. The van der Waals surface area contributed by atoms with Crippen molar-refractivity contribution in [2.24, 2.45) is 11.0 Å². The van der Waals surface area contributed by atoms with Crippen molar-refractivity contribution >= 4 is 11.6 Å². The molecule has 0 bridgehead atoms. The zero-order valence-corrected chi connectivity index (χ0v) is 10.4. The normalized spacial score (nSPS) is 13.2. The maximum Gasteiger partial charge on any atom is 0.275 e. The zero-order valence-electron chi connectivity index (χ0n) is 10.4. The Bertz CT molecular complexity index is 427. The first-order valence-electron chi connectivity index (χ1n) is 5.68. The maximum absolute atomic E-state index is 11.7. The number of phenols is 1. The van der Waals surface area contributed by atoms with Gasteiger partial charge in [-0.05, 0) is 31.4 Å². The number of hydrogen-bond donors (Lipinski definition) is 2. The second kappa shape index (κ2) is 6.03. The molecule has 0 aliphatic heterocycles. The number of carbonyl (C=O) groups excluding carboxylic acids is 1. The van der Waals surface area contributed by atoms with Crippen LogP contribution in [-0.2, 0) is 0 Å². The monoisotopic (exact) mass is 234 g/mol. The van der Waals surface area contributed by atoms with Gasteiger partial charge >= 0.3 is 0 Å². The van der Waals surface area contributed by atoms with E-state index in [1.54, 1.807) is 18.2 Å². The van der Waals surface area contributed by atoms with Crippen LogP contribution < -0.4 is 5.43 Å². The van der Waals surface area contributed by atoms with Crippen LogP contribution in [0.5, 0.6) is 5.75 Å². The fraction of sp³-hybridized carbons (Fsp3) is 0.385. The molecule has 4 nitrogen and oxygen atoms in total. The molecule has 1 aromatic rings. The molecule has 0 aliphatic carbocycles. The van der Waals surface area contributed by atoms with E-state index in [1.807, 2.05) is 13.8 Å². The third-order valence-corrected chi connectivity index (χ3v) is 2.81. The lowest BCUT2D eigenvalue weighted by Crippen LogP contribution is -2.21. The molecule has 0 radical (unpaired) electrons. The van der Waals surface area contributed by atoms with Gasteiger partial charge < -0.3 is 5.11 Å². The number of hydrogen-bond acceptors (Lipinski definition) is 3. The molecule has 1 atom stereocenters. The molecule has 0 saturated heterocycles. The highest BCUT2D eigenvalue weighted by molar-refractivity contribution is 5.97. The second-order valence-corrected chi connectivity index (χ2v) is 4.02. The second-order valence-electron chi connectivity index (χ2n) is 4.02. The summed E-state index contributed by atoms with van der Waals surface area (Å²) in [5, 5.41) is 13.5. The van der Waals surface area contributed by atoms with Gasteiger partial charge in [-0.3, -0.25) is 4.79 Å². The highest BCUT2D eigenvalue weighted by Gasteiger charge is 2.09. The van der Waals surface area contributed by atoms with Crippen LogP contribution >= 0.6 is 0 Å². The first-order valence-corrected chi connectivity index (χ1v) is 5.68. The van der Waals surface area contributed by atoms with Gasteiger partial charge in [-0.1, -0.05) is 26.0 Å². The van der Waals surface area contributed by atoms with Gasteiger partial charge in [0.2, 0.25) is 0 Å². The van der Waals surface area contributed by atoms with Crippen LogP contribution in [0.2, 0.25) is 0 Å². The molecular formula is C13H18N2O2. The minimum Gasteiger partial charge on any atom is -0.507 e. The third-order valence-electron chi connectivity index (χ3n) is 2.81. The minimum absolute atomic E-state index is 0.0404. The first-order chi connectivity index (χ1) is 8.06. The van der Waals surface area contributed by atoms with Gasteiger partial charge in [-0.25, -0.2) is 5.43 Å². The van der Waals surface area contributed by atoms with E-state index in [-0.39, 0.29) is 11.3 Å². The predicted molar refractivity (Wildman–Crippen MR) is 68.1 cm³/mol. The van der Waals surface area contributed by atoms with E-state index in [4.69, 9.17) is 0 Å². The number of aromatic hydroxyl groups is 1. The van der Waals surface area contributed by atoms with Crippen LogP contribution in [0.15, 0.2) is 29.4 Å². The minimum atomic E-state index is -0.397. The molecule has 0 fully saturated rings. The Morgan fingerprint density at radius 3 is 2.71 bits per heavy atom. The lowest BCUT2D eigenvalue weighted by atomic mass is 10.1. The van der Waals surface area contributed by atoms with E-state index in [0.29, 0.717) is 5.92 Å². The summed E-state index contributed by atoms with van der Waals surface area (Å²) < 4.78 is 0. The molecule has 0 saturated carbocycles. The van der Waals surface area contributed by atoms with Crippen molar-refractivity contribution < 1.29 is 9.90 Å². The average molecular weight is 234 g/mol. The summed E-state index contributed by atoms with van der Waals surface area (Å²) in [6.45, 7) is 5.98. The van der Waals surface area contributed by atoms with Crippen molar-refractivity contribution in [3.8, 4) is 5.75 Å². The quantitative estimate of drug-likeness (QED) is 0.621. The molecule has 0 heterocycles. The largest absolute Gasteiger partial charge is 0.507 e. The Hall–Kier alpha value is -1.84. The molecule has 0 unspecified atom stereocenters. The van der Waals surface area contributed by atoms with Crippen molar-refractivity contribution in [2.75, 3.05) is 0 Å². The van der Waals surface area contributed by atoms with E-state index in [2.05, 4.69) is 17.5 Å². The van der Waals surface area contributed by atoms with Crippen molar-refractivity contribution in [3.63, 3.8) is 0 Å². The summed E-state index contributed by atoms with van der Waals surface area (Å²) in [6, 6.07) is 6.39. The van der Waals surface area contributed by atoms with Crippen LogP contribution in [0.1, 0.15) is 37.6 Å². The Morgan fingerprint density at radius 2 is 2.12 bits per heavy atom. The summed E-state index contributed by atoms with van der Waals surface area (Å²) in [5.74, 6) is -0.105. The topological polar surface area (TPSA) is 61.7 Å². The smallest absolute Gasteiger partial charge is 0.275 e. The molecule has 0 aromatic heterocycles.